The van der Waals surface area contributed by atoms with Gasteiger partial charge in [0.25, 0.3) is 5.91 Å². The van der Waals surface area contributed by atoms with Gasteiger partial charge >= 0.3 is 11.9 Å². The highest BCUT2D eigenvalue weighted by Gasteiger charge is 2.22. The zero-order valence-electron chi connectivity index (χ0n) is 12.4. The van der Waals surface area contributed by atoms with Gasteiger partial charge in [0, 0.05) is 11.0 Å². The fourth-order valence-electron chi connectivity index (χ4n) is 2.20. The summed E-state index contributed by atoms with van der Waals surface area (Å²) in [5, 5.41) is 21.0. The molecule has 7 heteroatoms. The fourth-order valence-corrected chi connectivity index (χ4v) is 2.46. The molecule has 0 aliphatic heterocycles. The number of hydrogen-bond donors (Lipinski definition) is 3. The van der Waals surface area contributed by atoms with E-state index >= 15 is 0 Å². The zero-order valence-corrected chi connectivity index (χ0v) is 14.0. The van der Waals surface area contributed by atoms with Gasteiger partial charge in [-0.2, -0.15) is 0 Å². The summed E-state index contributed by atoms with van der Waals surface area (Å²) in [5.74, 6) is -3.86. The normalized spacial score (nSPS) is 11.5. The molecular weight excluding hydrogens is 378 g/mol. The number of nitrogens with one attached hydrogen (secondary N) is 1. The maximum absolute atomic E-state index is 12.2. The molecule has 3 N–H and O–H groups in total. The summed E-state index contributed by atoms with van der Waals surface area (Å²) in [5.41, 5.74) is 0.396. The van der Waals surface area contributed by atoms with Crippen molar-refractivity contribution < 1.29 is 24.6 Å². The van der Waals surface area contributed by atoms with E-state index in [2.05, 4.69) is 21.2 Å². The quantitative estimate of drug-likeness (QED) is 0.702. The Labute approximate surface area is 146 Å². The Morgan fingerprint density at radius 1 is 0.958 bits per heavy atom. The van der Waals surface area contributed by atoms with Crippen molar-refractivity contribution in [1.29, 1.82) is 0 Å². The third-order valence-electron chi connectivity index (χ3n) is 3.44. The minimum absolute atomic E-state index is 0.00931. The van der Waals surface area contributed by atoms with Crippen LogP contribution in [0.4, 0.5) is 0 Å². The number of halogens is 1. The van der Waals surface area contributed by atoms with Gasteiger partial charge in [0.2, 0.25) is 0 Å². The molecule has 24 heavy (non-hydrogen) atoms. The van der Waals surface area contributed by atoms with Crippen molar-refractivity contribution in [1.82, 2.24) is 5.32 Å². The van der Waals surface area contributed by atoms with Crippen molar-refractivity contribution >= 4 is 33.8 Å². The second-order valence-corrected chi connectivity index (χ2v) is 5.92. The Balaban J connectivity index is 2.15. The lowest BCUT2D eigenvalue weighted by molar-refractivity contribution is -0.138. The molecule has 0 radical (unpaired) electrons. The average molecular weight is 392 g/mol. The van der Waals surface area contributed by atoms with Gasteiger partial charge in [0.05, 0.1) is 17.0 Å². The summed E-state index contributed by atoms with van der Waals surface area (Å²) in [4.78, 5) is 34.8. The minimum Gasteiger partial charge on any atom is -0.481 e. The Morgan fingerprint density at radius 2 is 1.54 bits per heavy atom. The molecule has 0 aliphatic carbocycles. The number of carbonyl (C=O) groups is 3. The summed E-state index contributed by atoms with van der Waals surface area (Å²) < 4.78 is 0.815. The Bertz CT molecular complexity index is 773. The molecule has 0 spiro atoms. The number of carboxylic acid groups (broad SMARTS) is 2. The predicted octanol–water partition coefficient (Wildman–Crippen LogP) is 2.75. The first-order valence-corrected chi connectivity index (χ1v) is 7.78. The molecule has 1 amide bonds. The molecular formula is C17H14BrNO5. The van der Waals surface area contributed by atoms with Crippen LogP contribution in [0.5, 0.6) is 0 Å². The van der Waals surface area contributed by atoms with E-state index in [-0.39, 0.29) is 17.7 Å². The van der Waals surface area contributed by atoms with Gasteiger partial charge < -0.3 is 15.5 Å². The number of carbonyl (C=O) groups excluding carboxylic acids is 1. The van der Waals surface area contributed by atoms with E-state index in [0.717, 1.165) is 4.47 Å². The van der Waals surface area contributed by atoms with E-state index < -0.39 is 23.8 Å². The van der Waals surface area contributed by atoms with Crippen LogP contribution >= 0.6 is 15.9 Å². The maximum atomic E-state index is 12.2. The van der Waals surface area contributed by atoms with Gasteiger partial charge in [-0.25, -0.2) is 4.79 Å². The molecule has 1 atom stereocenters. The van der Waals surface area contributed by atoms with E-state index in [1.54, 1.807) is 30.3 Å². The molecule has 0 bridgehead atoms. The standard InChI is InChI=1S/C17H14BrNO5/c18-11-7-5-10(6-8-11)14(17(23)24)9-19-15(20)12-3-1-2-4-13(12)16(21)22/h1-8,14H,9H2,(H,19,20)(H,21,22)(H,23,24). The van der Waals surface area contributed by atoms with E-state index in [1.165, 1.54) is 18.2 Å². The summed E-state index contributed by atoms with van der Waals surface area (Å²) in [7, 11) is 0. The van der Waals surface area contributed by atoms with Gasteiger partial charge in [-0.05, 0) is 29.8 Å². The summed E-state index contributed by atoms with van der Waals surface area (Å²) in [6.07, 6.45) is 0. The molecule has 124 valence electrons. The van der Waals surface area contributed by atoms with Crippen molar-refractivity contribution in [2.45, 2.75) is 5.92 Å². The Morgan fingerprint density at radius 3 is 2.08 bits per heavy atom. The summed E-state index contributed by atoms with van der Waals surface area (Å²) in [6, 6.07) is 12.5. The number of aliphatic carboxylic acids is 1. The molecule has 1 unspecified atom stereocenters. The molecule has 0 aromatic heterocycles. The maximum Gasteiger partial charge on any atom is 0.336 e. The van der Waals surface area contributed by atoms with Crippen LogP contribution in [0.15, 0.2) is 53.0 Å². The van der Waals surface area contributed by atoms with E-state index in [4.69, 9.17) is 5.11 Å². The lowest BCUT2D eigenvalue weighted by Crippen LogP contribution is -2.32. The second kappa shape index (κ2) is 7.74. The number of aromatic carboxylic acids is 1. The highest BCUT2D eigenvalue weighted by atomic mass is 79.9. The largest absolute Gasteiger partial charge is 0.481 e. The van der Waals surface area contributed by atoms with E-state index in [9.17, 15) is 19.5 Å². The number of benzene rings is 2. The van der Waals surface area contributed by atoms with Crippen molar-refractivity contribution in [2.24, 2.45) is 0 Å². The van der Waals surface area contributed by atoms with Crippen molar-refractivity contribution in [3.05, 3.63) is 69.7 Å². The van der Waals surface area contributed by atoms with Crippen LogP contribution in [0.3, 0.4) is 0 Å². The first kappa shape index (κ1) is 17.7. The van der Waals surface area contributed by atoms with Crippen LogP contribution in [-0.2, 0) is 4.79 Å². The van der Waals surface area contributed by atoms with Crippen LogP contribution in [-0.4, -0.2) is 34.6 Å². The summed E-state index contributed by atoms with van der Waals surface area (Å²) in [6.45, 7) is -0.149. The molecule has 0 saturated carbocycles. The number of amides is 1. The van der Waals surface area contributed by atoms with Gasteiger partial charge in [0.15, 0.2) is 0 Å². The van der Waals surface area contributed by atoms with Crippen molar-refractivity contribution in [3.63, 3.8) is 0 Å². The third-order valence-corrected chi connectivity index (χ3v) is 3.97. The summed E-state index contributed by atoms with van der Waals surface area (Å²) >= 11 is 3.27. The molecule has 0 saturated heterocycles. The predicted molar refractivity (Wildman–Crippen MR) is 90.3 cm³/mol. The lowest BCUT2D eigenvalue weighted by Gasteiger charge is -2.14. The van der Waals surface area contributed by atoms with Crippen LogP contribution in [0.2, 0.25) is 0 Å². The average Bonchev–Trinajstić information content (AvgIpc) is 2.56. The van der Waals surface area contributed by atoms with Crippen LogP contribution in [0.1, 0.15) is 32.2 Å². The molecule has 2 rings (SSSR count). The molecule has 0 heterocycles. The fraction of sp³-hybridized carbons (Fsp3) is 0.118. The highest BCUT2D eigenvalue weighted by Crippen LogP contribution is 2.19. The van der Waals surface area contributed by atoms with Gasteiger partial charge in [0.1, 0.15) is 0 Å². The molecule has 6 nitrogen and oxygen atoms in total. The van der Waals surface area contributed by atoms with Crippen LogP contribution in [0, 0.1) is 0 Å². The van der Waals surface area contributed by atoms with Gasteiger partial charge in [-0.15, -0.1) is 0 Å². The Kier molecular flexibility index (Phi) is 5.70. The van der Waals surface area contributed by atoms with Crippen LogP contribution < -0.4 is 5.32 Å². The van der Waals surface area contributed by atoms with Crippen molar-refractivity contribution in [3.8, 4) is 0 Å². The van der Waals surface area contributed by atoms with Gasteiger partial charge in [-0.3, -0.25) is 9.59 Å². The lowest BCUT2D eigenvalue weighted by atomic mass is 9.99. The molecule has 0 fully saturated rings. The smallest absolute Gasteiger partial charge is 0.336 e. The first-order valence-electron chi connectivity index (χ1n) is 6.99. The Hall–Kier alpha value is -2.67. The topological polar surface area (TPSA) is 104 Å². The van der Waals surface area contributed by atoms with E-state index in [0.29, 0.717) is 5.56 Å². The molecule has 2 aromatic rings. The second-order valence-electron chi connectivity index (χ2n) is 5.00. The first-order chi connectivity index (χ1) is 11.4. The minimum atomic E-state index is -1.22. The zero-order chi connectivity index (χ0) is 17.7. The highest BCUT2D eigenvalue weighted by molar-refractivity contribution is 9.10. The molecule has 2 aromatic carbocycles. The number of carboxylic acids is 2. The molecule has 0 aliphatic rings. The van der Waals surface area contributed by atoms with Gasteiger partial charge in [-0.1, -0.05) is 40.2 Å². The number of hydrogen-bond acceptors (Lipinski definition) is 3. The van der Waals surface area contributed by atoms with E-state index in [1.807, 2.05) is 0 Å². The number of rotatable bonds is 6. The SMILES string of the molecule is O=C(O)c1ccccc1C(=O)NCC(C(=O)O)c1ccc(Br)cc1. The van der Waals surface area contributed by atoms with Crippen LogP contribution in [0.25, 0.3) is 0 Å². The third kappa shape index (κ3) is 4.20. The van der Waals surface area contributed by atoms with Crippen molar-refractivity contribution in [2.75, 3.05) is 6.54 Å². The monoisotopic (exact) mass is 391 g/mol.